The smallest absolute Gasteiger partial charge is 0.339 e. The van der Waals surface area contributed by atoms with Crippen LogP contribution in [-0.4, -0.2) is 22.8 Å². The Kier molecular flexibility index (Phi) is 2.04. The molecule has 1 heterocycles. The first-order valence-corrected chi connectivity index (χ1v) is 4.40. The first-order valence-electron chi connectivity index (χ1n) is 4.40. The van der Waals surface area contributed by atoms with E-state index in [-0.39, 0.29) is 11.3 Å². The molecule has 2 rings (SSSR count). The molecule has 2 N–H and O–H groups in total. The summed E-state index contributed by atoms with van der Waals surface area (Å²) in [7, 11) is 0. The van der Waals surface area contributed by atoms with Crippen LogP contribution in [0, 0.1) is 0 Å². The highest BCUT2D eigenvalue weighted by atomic mass is 16.5. The molecule has 1 aromatic carbocycles. The number of carboxylic acid groups (broad SMARTS) is 1. The van der Waals surface area contributed by atoms with Crippen molar-refractivity contribution < 1.29 is 19.7 Å². The summed E-state index contributed by atoms with van der Waals surface area (Å²) in [6, 6.07) is 2.85. The van der Waals surface area contributed by atoms with Crippen LogP contribution in [-0.2, 0) is 6.42 Å². The number of carbonyl (C=O) groups is 1. The van der Waals surface area contributed by atoms with Crippen LogP contribution in [0.2, 0.25) is 0 Å². The fraction of sp³-hybridized carbons (Fsp3) is 0.300. The van der Waals surface area contributed by atoms with Crippen LogP contribution in [0.4, 0.5) is 0 Å². The van der Waals surface area contributed by atoms with Crippen molar-refractivity contribution in [3.63, 3.8) is 0 Å². The molecule has 74 valence electrons. The van der Waals surface area contributed by atoms with Gasteiger partial charge in [0.2, 0.25) is 0 Å². The van der Waals surface area contributed by atoms with Crippen LogP contribution in [0.3, 0.4) is 0 Å². The third-order valence-electron chi connectivity index (χ3n) is 2.26. The third kappa shape index (κ3) is 1.39. The summed E-state index contributed by atoms with van der Waals surface area (Å²) < 4.78 is 5.29. The van der Waals surface area contributed by atoms with Gasteiger partial charge < -0.3 is 14.9 Å². The van der Waals surface area contributed by atoms with E-state index in [0.29, 0.717) is 12.4 Å². The Bertz CT molecular complexity index is 384. The van der Waals surface area contributed by atoms with Crippen molar-refractivity contribution in [2.24, 2.45) is 0 Å². The van der Waals surface area contributed by atoms with Crippen molar-refractivity contribution >= 4 is 5.97 Å². The van der Waals surface area contributed by atoms with Crippen molar-refractivity contribution in [2.75, 3.05) is 6.61 Å². The molecule has 0 aliphatic carbocycles. The van der Waals surface area contributed by atoms with E-state index in [1.165, 1.54) is 12.1 Å². The van der Waals surface area contributed by atoms with Crippen molar-refractivity contribution in [1.29, 1.82) is 0 Å². The molecule has 1 aromatic rings. The monoisotopic (exact) mass is 194 g/mol. The number of hydrogen-bond donors (Lipinski definition) is 2. The number of aromatic hydroxyl groups is 1. The minimum Gasteiger partial charge on any atom is -0.507 e. The van der Waals surface area contributed by atoms with Crippen molar-refractivity contribution in [2.45, 2.75) is 12.8 Å². The second-order valence-electron chi connectivity index (χ2n) is 3.23. The number of aromatic carboxylic acids is 1. The summed E-state index contributed by atoms with van der Waals surface area (Å²) in [5, 5.41) is 18.1. The molecule has 0 spiro atoms. The van der Waals surface area contributed by atoms with Crippen LogP contribution < -0.4 is 4.74 Å². The summed E-state index contributed by atoms with van der Waals surface area (Å²) in [4.78, 5) is 10.7. The number of fused-ring (bicyclic) bond motifs is 1. The van der Waals surface area contributed by atoms with E-state index >= 15 is 0 Å². The van der Waals surface area contributed by atoms with Crippen LogP contribution >= 0.6 is 0 Å². The molecule has 0 atom stereocenters. The number of phenols is 1. The quantitative estimate of drug-likeness (QED) is 0.709. The summed E-state index contributed by atoms with van der Waals surface area (Å²) in [5.41, 5.74) is 0.792. The Morgan fingerprint density at radius 1 is 1.43 bits per heavy atom. The van der Waals surface area contributed by atoms with Gasteiger partial charge in [0.05, 0.1) is 6.61 Å². The van der Waals surface area contributed by atoms with Gasteiger partial charge in [0.1, 0.15) is 17.1 Å². The minimum atomic E-state index is -1.11. The number of ether oxygens (including phenoxy) is 1. The molecule has 4 heteroatoms. The zero-order chi connectivity index (χ0) is 10.1. The lowest BCUT2D eigenvalue weighted by molar-refractivity contribution is 0.0693. The van der Waals surface area contributed by atoms with E-state index in [2.05, 4.69) is 0 Å². The Balaban J connectivity index is 2.50. The maximum absolute atomic E-state index is 10.7. The first kappa shape index (κ1) is 8.87. The Morgan fingerprint density at radius 2 is 2.21 bits per heavy atom. The van der Waals surface area contributed by atoms with Gasteiger partial charge in [-0.05, 0) is 24.5 Å². The Morgan fingerprint density at radius 3 is 2.93 bits per heavy atom. The molecular weight excluding hydrogens is 184 g/mol. The SMILES string of the molecule is O=C(O)c1cc2c(cc1O)OCCC2. The van der Waals surface area contributed by atoms with Crippen molar-refractivity contribution in [1.82, 2.24) is 0 Å². The molecule has 0 aromatic heterocycles. The summed E-state index contributed by atoms with van der Waals surface area (Å²) in [6.45, 7) is 0.624. The van der Waals surface area contributed by atoms with E-state index in [0.717, 1.165) is 18.4 Å². The molecule has 1 aliphatic heterocycles. The highest BCUT2D eigenvalue weighted by Gasteiger charge is 2.17. The van der Waals surface area contributed by atoms with Gasteiger partial charge in [-0.1, -0.05) is 0 Å². The van der Waals surface area contributed by atoms with Gasteiger partial charge in [0.25, 0.3) is 0 Å². The summed E-state index contributed by atoms with van der Waals surface area (Å²) >= 11 is 0. The van der Waals surface area contributed by atoms with Gasteiger partial charge in [-0.15, -0.1) is 0 Å². The fourth-order valence-corrected chi connectivity index (χ4v) is 1.56. The number of carboxylic acids is 1. The van der Waals surface area contributed by atoms with Gasteiger partial charge in [-0.25, -0.2) is 4.79 Å². The molecule has 0 saturated heterocycles. The van der Waals surface area contributed by atoms with Gasteiger partial charge in [0.15, 0.2) is 0 Å². The van der Waals surface area contributed by atoms with E-state index < -0.39 is 5.97 Å². The molecule has 4 nitrogen and oxygen atoms in total. The molecule has 0 unspecified atom stereocenters. The maximum atomic E-state index is 10.7. The van der Waals surface area contributed by atoms with Gasteiger partial charge >= 0.3 is 5.97 Å². The van der Waals surface area contributed by atoms with E-state index in [1.54, 1.807) is 0 Å². The van der Waals surface area contributed by atoms with Crippen LogP contribution in [0.5, 0.6) is 11.5 Å². The van der Waals surface area contributed by atoms with Crippen LogP contribution in [0.1, 0.15) is 22.3 Å². The molecule has 1 aliphatic rings. The van der Waals surface area contributed by atoms with Crippen LogP contribution in [0.25, 0.3) is 0 Å². The Labute approximate surface area is 80.7 Å². The predicted molar refractivity (Wildman–Crippen MR) is 48.9 cm³/mol. The molecule has 0 radical (unpaired) electrons. The number of aryl methyl sites for hydroxylation is 1. The van der Waals surface area contributed by atoms with E-state index in [9.17, 15) is 9.90 Å². The molecule has 0 saturated carbocycles. The van der Waals surface area contributed by atoms with Crippen molar-refractivity contribution in [3.05, 3.63) is 23.3 Å². The van der Waals surface area contributed by atoms with Gasteiger partial charge in [-0.2, -0.15) is 0 Å². The minimum absolute atomic E-state index is 0.0609. The van der Waals surface area contributed by atoms with Gasteiger partial charge in [-0.3, -0.25) is 0 Å². The van der Waals surface area contributed by atoms with Crippen LogP contribution in [0.15, 0.2) is 12.1 Å². The molecule has 0 amide bonds. The fourth-order valence-electron chi connectivity index (χ4n) is 1.56. The second-order valence-corrected chi connectivity index (χ2v) is 3.23. The lowest BCUT2D eigenvalue weighted by atomic mass is 10.0. The molecule has 14 heavy (non-hydrogen) atoms. The second kappa shape index (κ2) is 3.21. The number of benzene rings is 1. The standard InChI is InChI=1S/C10H10O4/c11-8-5-9-6(2-1-3-14-9)4-7(8)10(12)13/h4-5,11H,1-3H2,(H,12,13). The van der Waals surface area contributed by atoms with E-state index in [1.807, 2.05) is 0 Å². The topological polar surface area (TPSA) is 66.8 Å². The summed E-state index contributed by atoms with van der Waals surface area (Å²) in [6.07, 6.45) is 1.69. The highest BCUT2D eigenvalue weighted by molar-refractivity contribution is 5.91. The number of rotatable bonds is 1. The molecule has 0 bridgehead atoms. The zero-order valence-corrected chi connectivity index (χ0v) is 7.49. The van der Waals surface area contributed by atoms with Gasteiger partial charge in [0, 0.05) is 6.07 Å². The first-order chi connectivity index (χ1) is 6.68. The Hall–Kier alpha value is -1.71. The zero-order valence-electron chi connectivity index (χ0n) is 7.49. The maximum Gasteiger partial charge on any atom is 0.339 e. The molecule has 0 fully saturated rings. The average Bonchev–Trinajstić information content (AvgIpc) is 2.16. The normalized spacial score (nSPS) is 14.3. The predicted octanol–water partition coefficient (Wildman–Crippen LogP) is 1.42. The van der Waals surface area contributed by atoms with Crippen molar-refractivity contribution in [3.8, 4) is 11.5 Å². The largest absolute Gasteiger partial charge is 0.507 e. The molecular formula is C10H10O4. The summed E-state index contributed by atoms with van der Waals surface area (Å²) in [5.74, 6) is -0.757. The highest BCUT2D eigenvalue weighted by Crippen LogP contribution is 2.31. The van der Waals surface area contributed by atoms with E-state index in [4.69, 9.17) is 9.84 Å². The lowest BCUT2D eigenvalue weighted by Gasteiger charge is -2.17. The number of hydrogen-bond acceptors (Lipinski definition) is 3. The third-order valence-corrected chi connectivity index (χ3v) is 2.26. The average molecular weight is 194 g/mol. The lowest BCUT2D eigenvalue weighted by Crippen LogP contribution is -2.09.